The van der Waals surface area contributed by atoms with Crippen LogP contribution in [-0.2, 0) is 19.2 Å². The molecule has 2 heterocycles. The number of phenolic OH excluding ortho intramolecular Hbond substituents is 1. The maximum atomic E-state index is 14.0. The fourth-order valence-electron chi connectivity index (χ4n) is 6.97. The third-order valence-electron chi connectivity index (χ3n) is 8.67. The lowest BCUT2D eigenvalue weighted by Gasteiger charge is -2.50. The Hall–Kier alpha value is -2.88. The Morgan fingerprint density at radius 2 is 1.73 bits per heavy atom. The van der Waals surface area contributed by atoms with E-state index in [1.54, 1.807) is 55.5 Å². The van der Waals surface area contributed by atoms with Crippen molar-refractivity contribution < 1.29 is 29.0 Å². The highest BCUT2D eigenvalue weighted by molar-refractivity contribution is 9.09. The van der Waals surface area contributed by atoms with Crippen LogP contribution in [0.15, 0.2) is 60.2 Å². The van der Waals surface area contributed by atoms with Crippen molar-refractivity contribution in [1.29, 1.82) is 0 Å². The van der Waals surface area contributed by atoms with Crippen molar-refractivity contribution in [3.63, 3.8) is 0 Å². The van der Waals surface area contributed by atoms with Gasteiger partial charge in [-0.05, 0) is 43.9 Å². The van der Waals surface area contributed by atoms with Gasteiger partial charge in [0.15, 0.2) is 21.2 Å². The summed E-state index contributed by atoms with van der Waals surface area (Å²) in [6.07, 6.45) is 1.95. The lowest BCUT2D eigenvalue weighted by molar-refractivity contribution is -0.138. The lowest BCUT2D eigenvalue weighted by atomic mass is 9.56. The number of phenols is 1. The molecule has 1 N–H and O–H groups in total. The first-order chi connectivity index (χ1) is 19.1. The average Bonchev–Trinajstić information content (AvgIpc) is 3.28. The zero-order valence-electron chi connectivity index (χ0n) is 21.4. The SMILES string of the molecule is CCOc1cccc([C@H]2C3=CC[C@@H]4C(=O)N(c5ccccc5)C(=O)[C@@H]4[C@@H]3C[C@@]3(Cl)C(=O)N(CBr)C(=O)[C@@]23Cl)c1O. The molecule has 11 heteroatoms. The zero-order valence-corrected chi connectivity index (χ0v) is 24.4. The minimum absolute atomic E-state index is 0.122. The summed E-state index contributed by atoms with van der Waals surface area (Å²) in [6, 6.07) is 13.6. The van der Waals surface area contributed by atoms with Crippen molar-refractivity contribution in [3.05, 3.63) is 65.7 Å². The number of rotatable bonds is 5. The van der Waals surface area contributed by atoms with Crippen LogP contribution in [0.4, 0.5) is 5.69 Å². The van der Waals surface area contributed by atoms with Crippen LogP contribution in [0.3, 0.4) is 0 Å². The van der Waals surface area contributed by atoms with Crippen LogP contribution in [0.5, 0.6) is 11.5 Å². The van der Waals surface area contributed by atoms with E-state index in [0.29, 0.717) is 11.3 Å². The summed E-state index contributed by atoms with van der Waals surface area (Å²) in [5.41, 5.74) is 1.20. The number of carbonyl (C=O) groups is 4. The largest absolute Gasteiger partial charge is 0.504 e. The number of hydrogen-bond acceptors (Lipinski definition) is 6. The second kappa shape index (κ2) is 9.60. The Morgan fingerprint density at radius 1 is 1.00 bits per heavy atom. The van der Waals surface area contributed by atoms with Crippen LogP contribution in [0.2, 0.25) is 0 Å². The number of aromatic hydroxyl groups is 1. The van der Waals surface area contributed by atoms with E-state index in [-0.39, 0.29) is 53.8 Å². The number of imide groups is 2. The molecule has 40 heavy (non-hydrogen) atoms. The number of nitrogens with zero attached hydrogens (tertiary/aromatic N) is 2. The number of anilines is 1. The van der Waals surface area contributed by atoms with Crippen LogP contribution >= 0.6 is 39.1 Å². The number of benzene rings is 2. The Morgan fingerprint density at radius 3 is 2.40 bits per heavy atom. The van der Waals surface area contributed by atoms with Crippen LogP contribution in [0, 0.1) is 17.8 Å². The van der Waals surface area contributed by atoms with E-state index < -0.39 is 45.2 Å². The molecule has 6 rings (SSSR count). The molecule has 0 radical (unpaired) electrons. The van der Waals surface area contributed by atoms with E-state index >= 15 is 0 Å². The van der Waals surface area contributed by atoms with Gasteiger partial charge in [-0.1, -0.05) is 57.9 Å². The second-order valence-electron chi connectivity index (χ2n) is 10.5. The highest BCUT2D eigenvalue weighted by Crippen LogP contribution is 2.66. The van der Waals surface area contributed by atoms with Crippen molar-refractivity contribution in [2.24, 2.45) is 17.8 Å². The molecular weight excluding hydrogens is 623 g/mol. The number of para-hydroxylation sites is 2. The molecule has 6 atom stereocenters. The molecule has 2 aliphatic heterocycles. The van der Waals surface area contributed by atoms with Crippen molar-refractivity contribution in [1.82, 2.24) is 4.90 Å². The van der Waals surface area contributed by atoms with Crippen molar-refractivity contribution >= 4 is 68.4 Å². The Labute approximate surface area is 249 Å². The van der Waals surface area contributed by atoms with Crippen molar-refractivity contribution in [3.8, 4) is 11.5 Å². The van der Waals surface area contributed by atoms with Gasteiger partial charge in [-0.3, -0.25) is 29.0 Å². The van der Waals surface area contributed by atoms with E-state index in [4.69, 9.17) is 27.9 Å². The Bertz CT molecular complexity index is 1480. The van der Waals surface area contributed by atoms with Gasteiger partial charge in [-0.2, -0.15) is 0 Å². The summed E-state index contributed by atoms with van der Waals surface area (Å²) < 4.78 is 5.61. The average molecular weight is 648 g/mol. The number of alkyl halides is 3. The standard InChI is InChI=1S/C29H25BrCl2N2O6/c1-2-40-20-10-6-9-18(23(20)35)22-16-11-12-17-21(25(37)34(24(17)36)15-7-4-3-5-8-15)19(16)13-28(31)26(38)33(14-30)27(39)29(22,28)32/h3-11,17,19,21-22,35H,2,12-14H2,1H3/t17-,19+,21-,22+,28+,29-/m0/s1. The van der Waals surface area contributed by atoms with E-state index in [9.17, 15) is 24.3 Å². The molecule has 0 unspecified atom stereocenters. The minimum atomic E-state index is -2.00. The summed E-state index contributed by atoms with van der Waals surface area (Å²) in [5, 5.41) is 11.3. The van der Waals surface area contributed by atoms with Crippen molar-refractivity contribution in [2.75, 3.05) is 17.0 Å². The molecule has 208 valence electrons. The summed E-state index contributed by atoms with van der Waals surface area (Å²) in [7, 11) is 0. The van der Waals surface area contributed by atoms with Crippen LogP contribution < -0.4 is 9.64 Å². The molecule has 2 aliphatic carbocycles. The first-order valence-electron chi connectivity index (χ1n) is 13.0. The highest BCUT2D eigenvalue weighted by atomic mass is 79.9. The van der Waals surface area contributed by atoms with Crippen LogP contribution in [-0.4, -0.2) is 55.4 Å². The number of fused-ring (bicyclic) bond motifs is 4. The van der Waals surface area contributed by atoms with E-state index in [0.717, 1.165) is 4.90 Å². The number of allylic oxidation sites excluding steroid dienone is 2. The van der Waals surface area contributed by atoms with Gasteiger partial charge in [0, 0.05) is 11.5 Å². The number of likely N-dealkylation sites (tertiary alicyclic amines) is 1. The van der Waals surface area contributed by atoms with Gasteiger partial charge in [0.1, 0.15) is 0 Å². The molecule has 3 fully saturated rings. The molecule has 0 aromatic heterocycles. The Balaban J connectivity index is 1.54. The van der Waals surface area contributed by atoms with Gasteiger partial charge < -0.3 is 9.84 Å². The van der Waals surface area contributed by atoms with Gasteiger partial charge in [0.05, 0.1) is 29.6 Å². The molecule has 8 nitrogen and oxygen atoms in total. The molecule has 2 saturated heterocycles. The molecule has 2 aromatic rings. The number of halogens is 3. The summed E-state index contributed by atoms with van der Waals surface area (Å²) in [5.74, 6) is -5.36. The molecule has 0 spiro atoms. The smallest absolute Gasteiger partial charge is 0.254 e. The lowest BCUT2D eigenvalue weighted by Crippen LogP contribution is -2.60. The number of carbonyl (C=O) groups excluding carboxylic acids is 4. The summed E-state index contributed by atoms with van der Waals surface area (Å²) in [6.45, 7) is 2.05. The van der Waals surface area contributed by atoms with Crippen LogP contribution in [0.1, 0.15) is 31.2 Å². The summed E-state index contributed by atoms with van der Waals surface area (Å²) in [4.78, 5) is 53.3. The van der Waals surface area contributed by atoms with Gasteiger partial charge in [-0.25, -0.2) is 0 Å². The number of ether oxygens (including phenoxy) is 1. The van der Waals surface area contributed by atoms with E-state index in [1.165, 1.54) is 4.90 Å². The van der Waals surface area contributed by atoms with Gasteiger partial charge >= 0.3 is 0 Å². The first kappa shape index (κ1) is 27.3. The van der Waals surface area contributed by atoms with E-state index in [1.807, 2.05) is 6.08 Å². The predicted molar refractivity (Wildman–Crippen MR) is 152 cm³/mol. The van der Waals surface area contributed by atoms with Crippen molar-refractivity contribution in [2.45, 2.75) is 35.4 Å². The third kappa shape index (κ3) is 3.43. The highest BCUT2D eigenvalue weighted by Gasteiger charge is 2.76. The van der Waals surface area contributed by atoms with Gasteiger partial charge in [0.2, 0.25) is 11.8 Å². The molecule has 4 amide bonds. The predicted octanol–water partition coefficient (Wildman–Crippen LogP) is 4.71. The molecule has 4 aliphatic rings. The molecule has 0 bridgehead atoms. The monoisotopic (exact) mass is 646 g/mol. The maximum Gasteiger partial charge on any atom is 0.254 e. The molecule has 2 aromatic carbocycles. The third-order valence-corrected chi connectivity index (χ3v) is 10.6. The fourth-order valence-corrected chi connectivity index (χ4v) is 8.39. The maximum absolute atomic E-state index is 14.0. The van der Waals surface area contributed by atoms with Gasteiger partial charge in [-0.15, -0.1) is 23.2 Å². The zero-order chi connectivity index (χ0) is 28.6. The van der Waals surface area contributed by atoms with Crippen LogP contribution in [0.25, 0.3) is 0 Å². The first-order valence-corrected chi connectivity index (χ1v) is 14.9. The van der Waals surface area contributed by atoms with E-state index in [2.05, 4.69) is 15.9 Å². The topological polar surface area (TPSA) is 104 Å². The number of amides is 4. The molecule has 1 saturated carbocycles. The summed E-state index contributed by atoms with van der Waals surface area (Å²) >= 11 is 17.6. The minimum Gasteiger partial charge on any atom is -0.504 e. The number of hydrogen-bond donors (Lipinski definition) is 1. The second-order valence-corrected chi connectivity index (χ2v) is 12.2. The Kier molecular flexibility index (Phi) is 6.55. The normalized spacial score (nSPS) is 33.0. The quantitative estimate of drug-likeness (QED) is 0.218. The van der Waals surface area contributed by atoms with Gasteiger partial charge in [0.25, 0.3) is 11.8 Å². The fraction of sp³-hybridized carbons (Fsp3) is 0.379. The molecular formula is C29H25BrCl2N2O6.